The summed E-state index contributed by atoms with van der Waals surface area (Å²) in [6.07, 6.45) is 0.877. The van der Waals surface area contributed by atoms with E-state index in [-0.39, 0.29) is 37.0 Å². The fraction of sp³-hybridized carbons (Fsp3) is 0.350. The van der Waals surface area contributed by atoms with Gasteiger partial charge in [-0.2, -0.15) is 13.1 Å². The van der Waals surface area contributed by atoms with E-state index in [4.69, 9.17) is 0 Å². The lowest BCUT2D eigenvalue weighted by Crippen LogP contribution is -2.50. The van der Waals surface area contributed by atoms with Gasteiger partial charge in [0.05, 0.1) is 0 Å². The Hall–Kier alpha value is -2.52. The molecule has 0 aromatic heterocycles. The number of hydrogen-bond donors (Lipinski definition) is 0. The first kappa shape index (κ1) is 21.2. The van der Waals surface area contributed by atoms with Gasteiger partial charge in [-0.05, 0) is 36.2 Å². The molecule has 1 aliphatic heterocycles. The molecule has 6 nitrogen and oxygen atoms in total. The fourth-order valence-electron chi connectivity index (χ4n) is 3.19. The Labute approximate surface area is 168 Å². The van der Waals surface area contributed by atoms with E-state index in [0.717, 1.165) is 12.0 Å². The van der Waals surface area contributed by atoms with Crippen LogP contribution in [0, 0.1) is 0 Å². The van der Waals surface area contributed by atoms with Gasteiger partial charge in [0.2, 0.25) is 10.0 Å². The molecule has 0 radical (unpaired) electrons. The van der Waals surface area contributed by atoms with Gasteiger partial charge in [0, 0.05) is 31.7 Å². The number of rotatable bonds is 6. The lowest BCUT2D eigenvalue weighted by atomic mass is 10.1. The van der Waals surface area contributed by atoms with Gasteiger partial charge in [-0.15, -0.1) is 0 Å². The largest absolute Gasteiger partial charge is 0.433 e. The molecule has 0 bridgehead atoms. The Morgan fingerprint density at radius 2 is 1.66 bits per heavy atom. The average Bonchev–Trinajstić information content (AvgIpc) is 2.73. The van der Waals surface area contributed by atoms with E-state index in [9.17, 15) is 22.0 Å². The van der Waals surface area contributed by atoms with Crippen molar-refractivity contribution in [3.63, 3.8) is 0 Å². The molecule has 0 spiro atoms. The Morgan fingerprint density at radius 3 is 2.24 bits per heavy atom. The summed E-state index contributed by atoms with van der Waals surface area (Å²) >= 11 is 0. The number of halogens is 2. The number of sulfonamides is 1. The Bertz CT molecular complexity index is 957. The molecule has 29 heavy (non-hydrogen) atoms. The summed E-state index contributed by atoms with van der Waals surface area (Å²) in [7, 11) is -4.02. The van der Waals surface area contributed by atoms with Gasteiger partial charge >= 0.3 is 6.61 Å². The summed E-state index contributed by atoms with van der Waals surface area (Å²) in [5.74, 6) is -0.553. The summed E-state index contributed by atoms with van der Waals surface area (Å²) in [6, 6.07) is 12.6. The molecular weight excluding hydrogens is 402 g/mol. The minimum Gasteiger partial charge on any atom is -0.433 e. The van der Waals surface area contributed by atoms with Crippen LogP contribution < -0.4 is 4.74 Å². The normalized spacial score (nSPS) is 15.5. The van der Waals surface area contributed by atoms with Crippen LogP contribution in [0.3, 0.4) is 0 Å². The lowest BCUT2D eigenvalue weighted by Gasteiger charge is -2.34. The minimum absolute atomic E-state index is 0.0735. The maximum absolute atomic E-state index is 12.9. The maximum atomic E-state index is 12.9. The number of aryl methyl sites for hydroxylation is 1. The first-order valence-electron chi connectivity index (χ1n) is 9.25. The van der Waals surface area contributed by atoms with Crippen LogP contribution in [0.2, 0.25) is 0 Å². The van der Waals surface area contributed by atoms with E-state index >= 15 is 0 Å². The van der Waals surface area contributed by atoms with Crippen LogP contribution in [0.25, 0.3) is 0 Å². The molecule has 1 fully saturated rings. The Kier molecular flexibility index (Phi) is 6.49. The standard InChI is InChI=1S/C20H22F2N2O4S/c1-2-15-7-9-16(10-8-15)19(25)23-11-13-24(14-12-23)29(26,27)18-6-4-3-5-17(18)28-20(21)22/h3-10,20H,2,11-14H2,1H3. The number of alkyl halides is 2. The Balaban J connectivity index is 1.70. The molecule has 1 heterocycles. The topological polar surface area (TPSA) is 66.9 Å². The molecule has 3 rings (SSSR count). The van der Waals surface area contributed by atoms with Crippen LogP contribution in [-0.2, 0) is 16.4 Å². The van der Waals surface area contributed by atoms with Gasteiger partial charge in [0.25, 0.3) is 5.91 Å². The predicted molar refractivity (Wildman–Crippen MR) is 104 cm³/mol. The smallest absolute Gasteiger partial charge is 0.387 e. The molecule has 156 valence electrons. The van der Waals surface area contributed by atoms with Crippen molar-refractivity contribution in [1.82, 2.24) is 9.21 Å². The predicted octanol–water partition coefficient (Wildman–Crippen LogP) is 3.00. The number of para-hydroxylation sites is 1. The number of nitrogens with zero attached hydrogens (tertiary/aromatic N) is 2. The molecule has 0 atom stereocenters. The highest BCUT2D eigenvalue weighted by atomic mass is 32.2. The van der Waals surface area contributed by atoms with Crippen molar-refractivity contribution >= 4 is 15.9 Å². The number of amides is 1. The van der Waals surface area contributed by atoms with Gasteiger partial charge in [-0.3, -0.25) is 4.79 Å². The van der Waals surface area contributed by atoms with Crippen molar-refractivity contribution < 1.29 is 26.7 Å². The van der Waals surface area contributed by atoms with E-state index in [0.29, 0.717) is 5.56 Å². The molecule has 2 aromatic carbocycles. The molecule has 9 heteroatoms. The molecule has 0 aliphatic carbocycles. The second kappa shape index (κ2) is 8.87. The number of carbonyl (C=O) groups excluding carboxylic acids is 1. The SMILES string of the molecule is CCc1ccc(C(=O)N2CCN(S(=O)(=O)c3ccccc3OC(F)F)CC2)cc1. The second-order valence-electron chi connectivity index (χ2n) is 6.57. The first-order valence-corrected chi connectivity index (χ1v) is 10.7. The number of benzene rings is 2. The van der Waals surface area contributed by atoms with E-state index in [2.05, 4.69) is 4.74 Å². The number of piperazine rings is 1. The van der Waals surface area contributed by atoms with Crippen LogP contribution in [0.5, 0.6) is 5.75 Å². The van der Waals surface area contributed by atoms with Gasteiger partial charge in [0.1, 0.15) is 10.6 Å². The molecule has 2 aromatic rings. The van der Waals surface area contributed by atoms with E-state index in [1.165, 1.54) is 28.6 Å². The van der Waals surface area contributed by atoms with Crippen LogP contribution >= 0.6 is 0 Å². The molecule has 1 aliphatic rings. The zero-order chi connectivity index (χ0) is 21.0. The molecule has 0 N–H and O–H groups in total. The highest BCUT2D eigenvalue weighted by Crippen LogP contribution is 2.28. The van der Waals surface area contributed by atoms with Crippen molar-refractivity contribution in [3.05, 3.63) is 59.7 Å². The number of hydrogen-bond acceptors (Lipinski definition) is 4. The van der Waals surface area contributed by atoms with Crippen molar-refractivity contribution in [2.45, 2.75) is 24.9 Å². The van der Waals surface area contributed by atoms with Crippen molar-refractivity contribution in [2.75, 3.05) is 26.2 Å². The minimum atomic E-state index is -4.02. The quantitative estimate of drug-likeness (QED) is 0.715. The fourth-order valence-corrected chi connectivity index (χ4v) is 4.74. The number of ether oxygens (including phenoxy) is 1. The van der Waals surface area contributed by atoms with Crippen LogP contribution in [-0.4, -0.2) is 56.3 Å². The van der Waals surface area contributed by atoms with Crippen molar-refractivity contribution in [2.24, 2.45) is 0 Å². The van der Waals surface area contributed by atoms with Gasteiger partial charge in [-0.1, -0.05) is 31.2 Å². The van der Waals surface area contributed by atoms with E-state index in [1.54, 1.807) is 17.0 Å². The Morgan fingerprint density at radius 1 is 1.03 bits per heavy atom. The van der Waals surface area contributed by atoms with Crippen LogP contribution in [0.1, 0.15) is 22.8 Å². The second-order valence-corrected chi connectivity index (χ2v) is 8.48. The third-order valence-electron chi connectivity index (χ3n) is 4.82. The average molecular weight is 424 g/mol. The van der Waals surface area contributed by atoms with Gasteiger partial charge in [0.15, 0.2) is 0 Å². The zero-order valence-corrected chi connectivity index (χ0v) is 16.7. The van der Waals surface area contributed by atoms with Gasteiger partial charge < -0.3 is 9.64 Å². The summed E-state index contributed by atoms with van der Waals surface area (Å²) in [6.45, 7) is -0.522. The van der Waals surface area contributed by atoms with E-state index in [1.807, 2.05) is 19.1 Å². The third kappa shape index (κ3) is 4.73. The third-order valence-corrected chi connectivity index (χ3v) is 6.76. The molecule has 0 unspecified atom stereocenters. The monoisotopic (exact) mass is 424 g/mol. The van der Waals surface area contributed by atoms with Crippen molar-refractivity contribution in [3.8, 4) is 5.75 Å². The summed E-state index contributed by atoms with van der Waals surface area (Å²) in [5, 5.41) is 0. The summed E-state index contributed by atoms with van der Waals surface area (Å²) in [4.78, 5) is 13.9. The van der Waals surface area contributed by atoms with Crippen LogP contribution in [0.4, 0.5) is 8.78 Å². The van der Waals surface area contributed by atoms with Crippen LogP contribution in [0.15, 0.2) is 53.4 Å². The maximum Gasteiger partial charge on any atom is 0.387 e. The molecule has 1 amide bonds. The number of carbonyl (C=O) groups is 1. The van der Waals surface area contributed by atoms with Gasteiger partial charge in [-0.25, -0.2) is 8.42 Å². The lowest BCUT2D eigenvalue weighted by molar-refractivity contribution is -0.0518. The van der Waals surface area contributed by atoms with Crippen molar-refractivity contribution in [1.29, 1.82) is 0 Å². The molecule has 0 saturated carbocycles. The summed E-state index contributed by atoms with van der Waals surface area (Å²) in [5.41, 5.74) is 1.68. The first-order chi connectivity index (χ1) is 13.8. The molecular formula is C20H22F2N2O4S. The van der Waals surface area contributed by atoms with E-state index < -0.39 is 22.4 Å². The highest BCUT2D eigenvalue weighted by molar-refractivity contribution is 7.89. The molecule has 1 saturated heterocycles. The summed E-state index contributed by atoms with van der Waals surface area (Å²) < 4.78 is 56.6. The zero-order valence-electron chi connectivity index (χ0n) is 15.9. The highest BCUT2D eigenvalue weighted by Gasteiger charge is 2.32.